The molecule has 0 radical (unpaired) electrons. The lowest BCUT2D eigenvalue weighted by molar-refractivity contribution is 0.123. The van der Waals surface area contributed by atoms with Gasteiger partial charge in [0.15, 0.2) is 0 Å². The minimum absolute atomic E-state index is 0.428. The highest BCUT2D eigenvalue weighted by atomic mass is 79.9. The van der Waals surface area contributed by atoms with Gasteiger partial charge in [-0.15, -0.1) is 0 Å². The summed E-state index contributed by atoms with van der Waals surface area (Å²) in [6, 6.07) is 3.41. The van der Waals surface area contributed by atoms with E-state index in [4.69, 9.17) is 11.6 Å². The molecule has 1 aromatic heterocycles. The van der Waals surface area contributed by atoms with Crippen molar-refractivity contribution in [3.63, 3.8) is 0 Å². The fraction of sp³-hybridized carbons (Fsp3) is 0.222. The molecule has 0 aliphatic carbocycles. The molecule has 2 aromatic rings. The average molecular weight is 296 g/mol. The molecule has 0 N–H and O–H groups in total. The quantitative estimate of drug-likeness (QED) is 0.825. The number of hydrogen-bond acceptors (Lipinski definition) is 1. The molecule has 0 saturated carbocycles. The van der Waals surface area contributed by atoms with Gasteiger partial charge in [0.1, 0.15) is 6.54 Å². The SMILES string of the molecule is FC(F)Cn1ncc2c(Cl)ccc(Br)c21. The van der Waals surface area contributed by atoms with Crippen LogP contribution in [0.25, 0.3) is 10.9 Å². The largest absolute Gasteiger partial charge is 0.258 e. The molecule has 80 valence electrons. The maximum Gasteiger partial charge on any atom is 0.257 e. The third kappa shape index (κ3) is 1.99. The molecular weight excluding hydrogens is 289 g/mol. The molecule has 0 fully saturated rings. The van der Waals surface area contributed by atoms with Crippen LogP contribution >= 0.6 is 27.5 Å². The van der Waals surface area contributed by atoms with Crippen LogP contribution in [0.4, 0.5) is 8.78 Å². The van der Waals surface area contributed by atoms with E-state index in [2.05, 4.69) is 21.0 Å². The summed E-state index contributed by atoms with van der Waals surface area (Å²) in [5, 5.41) is 5.06. The Hall–Kier alpha value is -0.680. The summed E-state index contributed by atoms with van der Waals surface area (Å²) < 4.78 is 26.5. The highest BCUT2D eigenvalue weighted by molar-refractivity contribution is 9.10. The number of fused-ring (bicyclic) bond motifs is 1. The number of halogens is 4. The Morgan fingerprint density at radius 1 is 1.47 bits per heavy atom. The van der Waals surface area contributed by atoms with Crippen molar-refractivity contribution in [2.75, 3.05) is 0 Å². The van der Waals surface area contributed by atoms with Gasteiger partial charge in [0.05, 0.1) is 16.7 Å². The monoisotopic (exact) mass is 294 g/mol. The minimum atomic E-state index is -2.43. The maximum absolute atomic E-state index is 12.2. The van der Waals surface area contributed by atoms with Crippen molar-refractivity contribution in [3.8, 4) is 0 Å². The van der Waals surface area contributed by atoms with Crippen LogP contribution in [0, 0.1) is 0 Å². The summed E-state index contributed by atoms with van der Waals surface area (Å²) in [5.41, 5.74) is 0.600. The number of aromatic nitrogens is 2. The van der Waals surface area contributed by atoms with Crippen LogP contribution in [-0.2, 0) is 6.54 Å². The van der Waals surface area contributed by atoms with Gasteiger partial charge >= 0.3 is 0 Å². The second-order valence-corrected chi connectivity index (χ2v) is 4.27. The summed E-state index contributed by atoms with van der Waals surface area (Å²) in [6.07, 6.45) is -0.941. The maximum atomic E-state index is 12.2. The van der Waals surface area contributed by atoms with Gasteiger partial charge in [-0.2, -0.15) is 5.10 Å². The third-order valence-corrected chi connectivity index (χ3v) is 2.98. The lowest BCUT2D eigenvalue weighted by Gasteiger charge is -2.04. The summed E-state index contributed by atoms with van der Waals surface area (Å²) in [4.78, 5) is 0. The van der Waals surface area contributed by atoms with Gasteiger partial charge in [0.2, 0.25) is 0 Å². The van der Waals surface area contributed by atoms with Crippen molar-refractivity contribution >= 4 is 38.4 Å². The molecule has 0 unspecified atom stereocenters. The van der Waals surface area contributed by atoms with E-state index in [1.807, 2.05) is 0 Å². The topological polar surface area (TPSA) is 17.8 Å². The molecule has 1 heterocycles. The molecule has 2 nitrogen and oxygen atoms in total. The normalized spacial score (nSPS) is 11.5. The summed E-state index contributed by atoms with van der Waals surface area (Å²) in [6.45, 7) is -0.428. The Morgan fingerprint density at radius 2 is 2.20 bits per heavy atom. The molecule has 0 aliphatic heterocycles. The molecule has 1 aromatic carbocycles. The number of rotatable bonds is 2. The van der Waals surface area contributed by atoms with E-state index >= 15 is 0 Å². The number of alkyl halides is 2. The minimum Gasteiger partial charge on any atom is -0.258 e. The Balaban J connectivity index is 2.62. The van der Waals surface area contributed by atoms with E-state index in [0.717, 1.165) is 0 Å². The Kier molecular flexibility index (Phi) is 2.93. The smallest absolute Gasteiger partial charge is 0.257 e. The molecule has 6 heteroatoms. The van der Waals surface area contributed by atoms with Gasteiger partial charge < -0.3 is 0 Å². The first kappa shape index (κ1) is 10.8. The fourth-order valence-electron chi connectivity index (χ4n) is 1.40. The zero-order valence-corrected chi connectivity index (χ0v) is 9.76. The predicted molar refractivity (Wildman–Crippen MR) is 58.4 cm³/mol. The zero-order valence-electron chi connectivity index (χ0n) is 7.42. The second kappa shape index (κ2) is 4.06. The molecule has 0 amide bonds. The van der Waals surface area contributed by atoms with E-state index in [9.17, 15) is 8.78 Å². The van der Waals surface area contributed by atoms with E-state index < -0.39 is 13.0 Å². The van der Waals surface area contributed by atoms with E-state index in [1.165, 1.54) is 10.9 Å². The van der Waals surface area contributed by atoms with Crippen LogP contribution in [-0.4, -0.2) is 16.2 Å². The lowest BCUT2D eigenvalue weighted by Crippen LogP contribution is -2.07. The number of benzene rings is 1. The average Bonchev–Trinajstić information content (AvgIpc) is 2.56. The van der Waals surface area contributed by atoms with Crippen molar-refractivity contribution in [1.82, 2.24) is 9.78 Å². The number of nitrogens with zero attached hydrogens (tertiary/aromatic N) is 2. The van der Waals surface area contributed by atoms with Crippen molar-refractivity contribution in [2.24, 2.45) is 0 Å². The standard InChI is InChI=1S/C9H6BrClF2N2/c10-6-1-2-7(11)5-3-14-15(9(5)6)4-8(12)13/h1-3,8H,4H2. The highest BCUT2D eigenvalue weighted by Gasteiger charge is 2.12. The molecule has 0 spiro atoms. The predicted octanol–water partition coefficient (Wildman–Crippen LogP) is 3.72. The number of hydrogen-bond donors (Lipinski definition) is 0. The Morgan fingerprint density at radius 3 is 2.87 bits per heavy atom. The van der Waals surface area contributed by atoms with Gasteiger partial charge in [0, 0.05) is 9.86 Å². The molecule has 0 bridgehead atoms. The van der Waals surface area contributed by atoms with Crippen LogP contribution in [0.5, 0.6) is 0 Å². The first-order valence-corrected chi connectivity index (χ1v) is 5.34. The van der Waals surface area contributed by atoms with Gasteiger partial charge in [-0.05, 0) is 28.1 Å². The molecular formula is C9H6BrClF2N2. The molecule has 0 atom stereocenters. The van der Waals surface area contributed by atoms with Crippen molar-refractivity contribution in [1.29, 1.82) is 0 Å². The van der Waals surface area contributed by atoms with Crippen molar-refractivity contribution in [2.45, 2.75) is 13.0 Å². The fourth-order valence-corrected chi connectivity index (χ4v) is 2.15. The van der Waals surface area contributed by atoms with Crippen molar-refractivity contribution in [3.05, 3.63) is 27.8 Å². The van der Waals surface area contributed by atoms with E-state index in [-0.39, 0.29) is 0 Å². The summed E-state index contributed by atoms with van der Waals surface area (Å²) in [7, 11) is 0. The lowest BCUT2D eigenvalue weighted by atomic mass is 10.2. The first-order chi connectivity index (χ1) is 7.09. The van der Waals surface area contributed by atoms with E-state index in [1.54, 1.807) is 12.1 Å². The summed E-state index contributed by atoms with van der Waals surface area (Å²) in [5.74, 6) is 0. The summed E-state index contributed by atoms with van der Waals surface area (Å²) >= 11 is 9.20. The van der Waals surface area contributed by atoms with Crippen molar-refractivity contribution < 1.29 is 8.78 Å². The Labute approximate surface area is 98.0 Å². The van der Waals surface area contributed by atoms with Gasteiger partial charge in [0.25, 0.3) is 6.43 Å². The van der Waals surface area contributed by atoms with Crippen LogP contribution in [0.3, 0.4) is 0 Å². The van der Waals surface area contributed by atoms with Crippen LogP contribution in [0.15, 0.2) is 22.8 Å². The third-order valence-electron chi connectivity index (χ3n) is 2.01. The van der Waals surface area contributed by atoms with E-state index in [0.29, 0.717) is 20.4 Å². The van der Waals surface area contributed by atoms with Gasteiger partial charge in [-0.3, -0.25) is 4.68 Å². The zero-order chi connectivity index (χ0) is 11.0. The molecule has 15 heavy (non-hydrogen) atoms. The van der Waals surface area contributed by atoms with Gasteiger partial charge in [-0.1, -0.05) is 11.6 Å². The molecule has 2 rings (SSSR count). The van der Waals surface area contributed by atoms with Crippen LogP contribution in [0.2, 0.25) is 5.02 Å². The first-order valence-electron chi connectivity index (χ1n) is 4.17. The molecule has 0 saturated heterocycles. The molecule has 0 aliphatic rings. The Bertz CT molecular complexity index is 498. The highest BCUT2D eigenvalue weighted by Crippen LogP contribution is 2.29. The van der Waals surface area contributed by atoms with Crippen LogP contribution in [0.1, 0.15) is 0 Å². The second-order valence-electron chi connectivity index (χ2n) is 3.01. The van der Waals surface area contributed by atoms with Crippen LogP contribution < -0.4 is 0 Å². The van der Waals surface area contributed by atoms with Gasteiger partial charge in [-0.25, -0.2) is 8.78 Å².